The van der Waals surface area contributed by atoms with Crippen LogP contribution in [0.5, 0.6) is 5.75 Å². The standard InChI is InChI=1S/C15H12BBrO2.C5H11N/c1-10-5-7-13(8-6-10)19-15(18)14(16)11-3-2-4-12(17)9-11;1-6-4-2-3-5-6/h2-9,14H,1H3;2-5H2,1H3/t14-;/m1./s1. The minimum atomic E-state index is -0.793. The predicted octanol–water partition coefficient (Wildman–Crippen LogP) is 4.28. The zero-order valence-electron chi connectivity index (χ0n) is 14.7. The van der Waals surface area contributed by atoms with Gasteiger partial charge in [-0.05, 0) is 69.7 Å². The Bertz CT molecular complexity index is 684. The van der Waals surface area contributed by atoms with Crippen molar-refractivity contribution in [1.82, 2.24) is 4.90 Å². The first-order chi connectivity index (χ1) is 12.0. The molecule has 0 amide bonds. The maximum atomic E-state index is 11.9. The lowest BCUT2D eigenvalue weighted by Crippen LogP contribution is -2.18. The molecule has 2 aromatic carbocycles. The average Bonchev–Trinajstić information content (AvgIpc) is 3.08. The molecule has 3 nitrogen and oxygen atoms in total. The van der Waals surface area contributed by atoms with Crippen LogP contribution in [-0.2, 0) is 4.79 Å². The minimum Gasteiger partial charge on any atom is -0.427 e. The lowest BCUT2D eigenvalue weighted by Gasteiger charge is -2.12. The predicted molar refractivity (Wildman–Crippen MR) is 106 cm³/mol. The van der Waals surface area contributed by atoms with Gasteiger partial charge in [0, 0.05) is 10.3 Å². The van der Waals surface area contributed by atoms with E-state index >= 15 is 0 Å². The Morgan fingerprint density at radius 2 is 1.80 bits per heavy atom. The van der Waals surface area contributed by atoms with Gasteiger partial charge in [-0.2, -0.15) is 0 Å². The zero-order chi connectivity index (χ0) is 18.2. The van der Waals surface area contributed by atoms with Crippen LogP contribution >= 0.6 is 15.9 Å². The molecule has 0 N–H and O–H groups in total. The summed E-state index contributed by atoms with van der Waals surface area (Å²) in [7, 11) is 8.06. The van der Waals surface area contributed by atoms with Gasteiger partial charge in [0.15, 0.2) is 0 Å². The van der Waals surface area contributed by atoms with Gasteiger partial charge in [0.25, 0.3) is 0 Å². The fourth-order valence-electron chi connectivity index (χ4n) is 2.50. The summed E-state index contributed by atoms with van der Waals surface area (Å²) in [6.07, 6.45) is 2.83. The highest BCUT2D eigenvalue weighted by Gasteiger charge is 2.17. The van der Waals surface area contributed by atoms with Gasteiger partial charge in [0.2, 0.25) is 0 Å². The molecule has 3 rings (SSSR count). The summed E-state index contributed by atoms with van der Waals surface area (Å²) in [5.41, 5.74) is 1.82. The smallest absolute Gasteiger partial charge is 0.309 e. The number of halogens is 1. The maximum Gasteiger partial charge on any atom is 0.309 e. The van der Waals surface area contributed by atoms with Gasteiger partial charge in [0.1, 0.15) is 5.75 Å². The lowest BCUT2D eigenvalue weighted by atomic mass is 9.81. The van der Waals surface area contributed by atoms with E-state index < -0.39 is 11.8 Å². The summed E-state index contributed by atoms with van der Waals surface area (Å²) < 4.78 is 6.12. The Labute approximate surface area is 159 Å². The maximum absolute atomic E-state index is 11.9. The first-order valence-corrected chi connectivity index (χ1v) is 9.23. The monoisotopic (exact) mass is 399 g/mol. The Morgan fingerprint density at radius 3 is 2.32 bits per heavy atom. The highest BCUT2D eigenvalue weighted by atomic mass is 79.9. The Kier molecular flexibility index (Phi) is 7.72. The van der Waals surface area contributed by atoms with Crippen molar-refractivity contribution in [2.24, 2.45) is 0 Å². The Hall–Kier alpha value is -1.59. The lowest BCUT2D eigenvalue weighted by molar-refractivity contribution is -0.134. The second kappa shape index (κ2) is 9.78. The molecule has 25 heavy (non-hydrogen) atoms. The highest BCUT2D eigenvalue weighted by molar-refractivity contribution is 9.10. The highest BCUT2D eigenvalue weighted by Crippen LogP contribution is 2.20. The van der Waals surface area contributed by atoms with Crippen LogP contribution in [0.25, 0.3) is 0 Å². The van der Waals surface area contributed by atoms with Gasteiger partial charge >= 0.3 is 5.97 Å². The molecule has 0 aliphatic carbocycles. The number of hydrogen-bond donors (Lipinski definition) is 0. The minimum absolute atomic E-state index is 0.470. The van der Waals surface area contributed by atoms with Crippen LogP contribution in [0.4, 0.5) is 0 Å². The molecule has 1 fully saturated rings. The largest absolute Gasteiger partial charge is 0.427 e. The Balaban J connectivity index is 0.000000316. The summed E-state index contributed by atoms with van der Waals surface area (Å²) in [6.45, 7) is 4.61. The molecule has 130 valence electrons. The SMILES string of the molecule is CN1CCCC1.[B][C@@H](C(=O)Oc1ccc(C)cc1)c1cccc(Br)c1. The van der Waals surface area contributed by atoms with E-state index in [0.29, 0.717) is 11.3 Å². The molecule has 1 aliphatic rings. The molecule has 5 heteroatoms. The first-order valence-electron chi connectivity index (χ1n) is 8.43. The van der Waals surface area contributed by atoms with Crippen LogP contribution in [0.3, 0.4) is 0 Å². The third-order valence-corrected chi connectivity index (χ3v) is 4.52. The van der Waals surface area contributed by atoms with E-state index in [2.05, 4.69) is 27.9 Å². The number of carbonyl (C=O) groups is 1. The number of carbonyl (C=O) groups excluding carboxylic acids is 1. The van der Waals surface area contributed by atoms with Gasteiger partial charge in [-0.1, -0.05) is 45.8 Å². The van der Waals surface area contributed by atoms with E-state index in [1.807, 2.05) is 31.2 Å². The van der Waals surface area contributed by atoms with Crippen LogP contribution in [0.15, 0.2) is 53.0 Å². The van der Waals surface area contributed by atoms with E-state index in [-0.39, 0.29) is 0 Å². The summed E-state index contributed by atoms with van der Waals surface area (Å²) >= 11 is 3.35. The number of rotatable bonds is 3. The average molecular weight is 400 g/mol. The van der Waals surface area contributed by atoms with Crippen molar-refractivity contribution in [1.29, 1.82) is 0 Å². The molecule has 0 unspecified atom stereocenters. The quantitative estimate of drug-likeness (QED) is 0.438. The number of hydrogen-bond acceptors (Lipinski definition) is 3. The summed E-state index contributed by atoms with van der Waals surface area (Å²) in [5, 5.41) is 0. The molecule has 1 saturated heterocycles. The molecular weight excluding hydrogens is 377 g/mol. The van der Waals surface area contributed by atoms with Crippen LogP contribution in [0.1, 0.15) is 29.8 Å². The summed E-state index contributed by atoms with van der Waals surface area (Å²) in [4.78, 5) is 14.3. The van der Waals surface area contributed by atoms with Crippen molar-refractivity contribution in [3.05, 3.63) is 64.1 Å². The van der Waals surface area contributed by atoms with Crippen molar-refractivity contribution in [2.75, 3.05) is 20.1 Å². The van der Waals surface area contributed by atoms with Gasteiger partial charge in [-0.3, -0.25) is 4.79 Å². The van der Waals surface area contributed by atoms with E-state index in [1.165, 1.54) is 25.9 Å². The first kappa shape index (κ1) is 19.7. The fourth-order valence-corrected chi connectivity index (χ4v) is 2.91. The van der Waals surface area contributed by atoms with E-state index in [1.54, 1.807) is 24.3 Å². The van der Waals surface area contributed by atoms with Crippen LogP contribution in [0, 0.1) is 6.92 Å². The zero-order valence-corrected chi connectivity index (χ0v) is 16.3. The summed E-state index contributed by atoms with van der Waals surface area (Å²) in [5.74, 6) is -0.762. The molecule has 0 aromatic heterocycles. The molecular formula is C20H23BBrNO2. The van der Waals surface area contributed by atoms with Crippen molar-refractivity contribution < 1.29 is 9.53 Å². The molecule has 0 bridgehead atoms. The van der Waals surface area contributed by atoms with Crippen LogP contribution < -0.4 is 4.74 Å². The molecule has 2 radical (unpaired) electrons. The fraction of sp³-hybridized carbons (Fsp3) is 0.350. The van der Waals surface area contributed by atoms with Crippen molar-refractivity contribution in [3.63, 3.8) is 0 Å². The molecule has 2 aromatic rings. The third-order valence-electron chi connectivity index (χ3n) is 4.03. The van der Waals surface area contributed by atoms with Gasteiger partial charge in [-0.25, -0.2) is 0 Å². The third kappa shape index (κ3) is 6.67. The van der Waals surface area contributed by atoms with E-state index in [4.69, 9.17) is 12.6 Å². The van der Waals surface area contributed by atoms with Gasteiger partial charge in [-0.15, -0.1) is 0 Å². The second-order valence-corrected chi connectivity index (χ2v) is 7.19. The molecule has 0 saturated carbocycles. The number of nitrogens with zero attached hydrogens (tertiary/aromatic N) is 1. The number of aryl methyl sites for hydroxylation is 1. The normalized spacial score (nSPS) is 15.2. The summed E-state index contributed by atoms with van der Waals surface area (Å²) in [6, 6.07) is 14.6. The second-order valence-electron chi connectivity index (χ2n) is 6.28. The number of likely N-dealkylation sites (tertiary alicyclic amines) is 1. The molecule has 1 atom stereocenters. The topological polar surface area (TPSA) is 29.5 Å². The van der Waals surface area contributed by atoms with Gasteiger partial charge < -0.3 is 9.64 Å². The Morgan fingerprint density at radius 1 is 1.16 bits per heavy atom. The van der Waals surface area contributed by atoms with Crippen LogP contribution in [-0.4, -0.2) is 38.9 Å². The van der Waals surface area contributed by atoms with Gasteiger partial charge in [0.05, 0.1) is 7.85 Å². The van der Waals surface area contributed by atoms with Crippen molar-refractivity contribution in [3.8, 4) is 5.75 Å². The van der Waals surface area contributed by atoms with E-state index in [9.17, 15) is 4.79 Å². The number of benzene rings is 2. The van der Waals surface area contributed by atoms with Crippen molar-refractivity contribution in [2.45, 2.75) is 25.6 Å². The number of ether oxygens (including phenoxy) is 1. The molecule has 1 heterocycles. The molecule has 0 spiro atoms. The van der Waals surface area contributed by atoms with Crippen molar-refractivity contribution >= 4 is 29.7 Å². The number of esters is 1. The molecule has 1 aliphatic heterocycles. The van der Waals surface area contributed by atoms with E-state index in [0.717, 1.165) is 10.0 Å². The van der Waals surface area contributed by atoms with Crippen LogP contribution in [0.2, 0.25) is 0 Å².